The Kier molecular flexibility index (Phi) is 5.77. The molecule has 0 rings (SSSR count). The first-order valence-corrected chi connectivity index (χ1v) is 5.28. The quantitative estimate of drug-likeness (QED) is 0.692. The Morgan fingerprint density at radius 2 is 2.00 bits per heavy atom. The molecule has 0 saturated heterocycles. The fraction of sp³-hybridized carbons (Fsp3) is 0.909. The topological polar surface area (TPSA) is 38.3 Å². The number of carbonyl (C=O) groups is 1. The number of hydrogen-bond donors (Lipinski definition) is 1. The lowest BCUT2D eigenvalue weighted by atomic mass is 10.1. The lowest BCUT2D eigenvalue weighted by Crippen LogP contribution is -2.28. The fourth-order valence-electron chi connectivity index (χ4n) is 1.24. The summed E-state index contributed by atoms with van der Waals surface area (Å²) in [6.45, 7) is 7.77. The molecule has 84 valence electrons. The van der Waals surface area contributed by atoms with Gasteiger partial charge >= 0.3 is 5.97 Å². The van der Waals surface area contributed by atoms with Crippen molar-refractivity contribution in [2.45, 2.75) is 58.6 Å². The molecule has 0 aliphatic rings. The molecule has 0 amide bonds. The van der Waals surface area contributed by atoms with Crippen LogP contribution >= 0.6 is 0 Å². The average Bonchev–Trinajstić information content (AvgIpc) is 2.03. The smallest absolute Gasteiger partial charge is 0.306 e. The average molecular weight is 201 g/mol. The van der Waals surface area contributed by atoms with Crippen LogP contribution in [0, 0.1) is 0 Å². The summed E-state index contributed by atoms with van der Waals surface area (Å²) in [4.78, 5) is 11.3. The van der Waals surface area contributed by atoms with E-state index in [1.165, 1.54) is 0 Å². The second kappa shape index (κ2) is 6.02. The number of hydrogen-bond acceptors (Lipinski definition) is 3. The molecule has 1 atom stereocenters. The predicted molar refractivity (Wildman–Crippen MR) is 58.2 cm³/mol. The fourth-order valence-corrected chi connectivity index (χ4v) is 1.24. The second-order valence-electron chi connectivity index (χ2n) is 4.52. The number of rotatable bonds is 5. The van der Waals surface area contributed by atoms with Crippen molar-refractivity contribution in [3.8, 4) is 0 Å². The van der Waals surface area contributed by atoms with Crippen LogP contribution in [0.15, 0.2) is 0 Å². The van der Waals surface area contributed by atoms with Gasteiger partial charge < -0.3 is 10.1 Å². The third-order valence-corrected chi connectivity index (χ3v) is 2.02. The summed E-state index contributed by atoms with van der Waals surface area (Å²) in [6, 6.07) is 0.419. The van der Waals surface area contributed by atoms with Crippen molar-refractivity contribution < 1.29 is 9.53 Å². The molecule has 0 bridgehead atoms. The molecule has 14 heavy (non-hydrogen) atoms. The van der Waals surface area contributed by atoms with Crippen molar-refractivity contribution in [3.05, 3.63) is 0 Å². The minimum atomic E-state index is -0.363. The Balaban J connectivity index is 3.74. The SMILES string of the molecule is CC[C@@H](CCC(=O)OC(C)(C)C)NC. The highest BCUT2D eigenvalue weighted by molar-refractivity contribution is 5.69. The van der Waals surface area contributed by atoms with Crippen LogP contribution in [0.2, 0.25) is 0 Å². The Hall–Kier alpha value is -0.570. The second-order valence-corrected chi connectivity index (χ2v) is 4.52. The van der Waals surface area contributed by atoms with Gasteiger partial charge in [-0.25, -0.2) is 0 Å². The van der Waals surface area contributed by atoms with Crippen LogP contribution in [0.25, 0.3) is 0 Å². The van der Waals surface area contributed by atoms with E-state index >= 15 is 0 Å². The van der Waals surface area contributed by atoms with E-state index in [1.54, 1.807) is 0 Å². The van der Waals surface area contributed by atoms with E-state index in [2.05, 4.69) is 12.2 Å². The maximum absolute atomic E-state index is 11.3. The lowest BCUT2D eigenvalue weighted by molar-refractivity contribution is -0.155. The highest BCUT2D eigenvalue weighted by Gasteiger charge is 2.16. The normalized spacial score (nSPS) is 13.8. The van der Waals surface area contributed by atoms with Gasteiger partial charge in [-0.15, -0.1) is 0 Å². The van der Waals surface area contributed by atoms with E-state index in [4.69, 9.17) is 4.74 Å². The number of ether oxygens (including phenoxy) is 1. The summed E-state index contributed by atoms with van der Waals surface area (Å²) in [7, 11) is 1.92. The van der Waals surface area contributed by atoms with Crippen LogP contribution < -0.4 is 5.32 Å². The molecule has 0 aromatic heterocycles. The molecule has 0 unspecified atom stereocenters. The van der Waals surface area contributed by atoms with E-state index in [9.17, 15) is 4.79 Å². The lowest BCUT2D eigenvalue weighted by Gasteiger charge is -2.20. The molecule has 0 heterocycles. The summed E-state index contributed by atoms with van der Waals surface area (Å²) in [5.74, 6) is -0.105. The van der Waals surface area contributed by atoms with E-state index in [0.29, 0.717) is 12.5 Å². The maximum Gasteiger partial charge on any atom is 0.306 e. The zero-order valence-corrected chi connectivity index (χ0v) is 10.0. The maximum atomic E-state index is 11.3. The van der Waals surface area contributed by atoms with Gasteiger partial charge in [0.15, 0.2) is 0 Å². The van der Waals surface area contributed by atoms with Crippen molar-refractivity contribution >= 4 is 5.97 Å². The first-order chi connectivity index (χ1) is 6.39. The first-order valence-electron chi connectivity index (χ1n) is 5.28. The standard InChI is InChI=1S/C11H23NO2/c1-6-9(12-5)7-8-10(13)14-11(2,3)4/h9,12H,6-8H2,1-5H3/t9-/m0/s1. The van der Waals surface area contributed by atoms with Crippen molar-refractivity contribution in [1.82, 2.24) is 5.32 Å². The molecule has 3 nitrogen and oxygen atoms in total. The van der Waals surface area contributed by atoms with Crippen molar-refractivity contribution in [2.24, 2.45) is 0 Å². The molecule has 0 fully saturated rings. The van der Waals surface area contributed by atoms with Gasteiger partial charge in [0.1, 0.15) is 5.60 Å². The molecule has 0 aromatic rings. The third-order valence-electron chi connectivity index (χ3n) is 2.02. The monoisotopic (exact) mass is 201 g/mol. The molecule has 0 aromatic carbocycles. The zero-order chi connectivity index (χ0) is 11.2. The van der Waals surface area contributed by atoms with Crippen LogP contribution in [-0.4, -0.2) is 24.7 Å². The third kappa shape index (κ3) is 6.89. The van der Waals surface area contributed by atoms with Crippen LogP contribution in [0.3, 0.4) is 0 Å². The predicted octanol–water partition coefficient (Wildman–Crippen LogP) is 2.11. The summed E-state index contributed by atoms with van der Waals surface area (Å²) in [5.41, 5.74) is -0.363. The highest BCUT2D eigenvalue weighted by atomic mass is 16.6. The summed E-state index contributed by atoms with van der Waals surface area (Å²) >= 11 is 0. The summed E-state index contributed by atoms with van der Waals surface area (Å²) in [5, 5.41) is 3.16. The molecule has 0 aliphatic carbocycles. The minimum Gasteiger partial charge on any atom is -0.460 e. The Morgan fingerprint density at radius 1 is 1.43 bits per heavy atom. The Labute approximate surface area is 87.2 Å². The van der Waals surface area contributed by atoms with E-state index in [0.717, 1.165) is 12.8 Å². The number of esters is 1. The molecule has 1 N–H and O–H groups in total. The Bertz CT molecular complexity index is 169. The van der Waals surface area contributed by atoms with Gasteiger partial charge in [-0.3, -0.25) is 4.79 Å². The van der Waals surface area contributed by atoms with E-state index < -0.39 is 0 Å². The van der Waals surface area contributed by atoms with Gasteiger partial charge in [0.25, 0.3) is 0 Å². The zero-order valence-electron chi connectivity index (χ0n) is 10.0. The van der Waals surface area contributed by atoms with E-state index in [-0.39, 0.29) is 11.6 Å². The summed E-state index contributed by atoms with van der Waals surface area (Å²) < 4.78 is 5.21. The molecule has 3 heteroatoms. The highest BCUT2D eigenvalue weighted by Crippen LogP contribution is 2.10. The van der Waals surface area contributed by atoms with Crippen LogP contribution in [0.1, 0.15) is 47.0 Å². The van der Waals surface area contributed by atoms with Crippen LogP contribution in [-0.2, 0) is 9.53 Å². The number of nitrogens with one attached hydrogen (secondary N) is 1. The molecule has 0 aliphatic heterocycles. The molecule has 0 spiro atoms. The van der Waals surface area contributed by atoms with Gasteiger partial charge in [-0.1, -0.05) is 6.92 Å². The summed E-state index contributed by atoms with van der Waals surface area (Å²) in [6.07, 6.45) is 2.39. The van der Waals surface area contributed by atoms with Gasteiger partial charge in [0.2, 0.25) is 0 Å². The number of carbonyl (C=O) groups excluding carboxylic acids is 1. The van der Waals surface area contributed by atoms with E-state index in [1.807, 2.05) is 27.8 Å². The van der Waals surface area contributed by atoms with Gasteiger partial charge in [0, 0.05) is 12.5 Å². The molecular formula is C11H23NO2. The molecular weight excluding hydrogens is 178 g/mol. The van der Waals surface area contributed by atoms with Crippen molar-refractivity contribution in [1.29, 1.82) is 0 Å². The van der Waals surface area contributed by atoms with Crippen molar-refractivity contribution in [2.75, 3.05) is 7.05 Å². The molecule has 0 radical (unpaired) electrons. The van der Waals surface area contributed by atoms with Crippen LogP contribution in [0.4, 0.5) is 0 Å². The van der Waals surface area contributed by atoms with Gasteiger partial charge in [-0.05, 0) is 40.7 Å². The Morgan fingerprint density at radius 3 is 2.36 bits per heavy atom. The van der Waals surface area contributed by atoms with Gasteiger partial charge in [0.05, 0.1) is 0 Å². The first kappa shape index (κ1) is 13.4. The van der Waals surface area contributed by atoms with Crippen LogP contribution in [0.5, 0.6) is 0 Å². The largest absolute Gasteiger partial charge is 0.460 e. The van der Waals surface area contributed by atoms with Crippen molar-refractivity contribution in [3.63, 3.8) is 0 Å². The minimum absolute atomic E-state index is 0.105. The van der Waals surface area contributed by atoms with Gasteiger partial charge in [-0.2, -0.15) is 0 Å². The molecule has 0 saturated carbocycles.